The van der Waals surface area contributed by atoms with E-state index in [2.05, 4.69) is 83.6 Å². The second kappa shape index (κ2) is 8.62. The molecule has 2 aromatic carbocycles. The molecule has 112 valence electrons. The van der Waals surface area contributed by atoms with Gasteiger partial charge in [0.15, 0.2) is 0 Å². The van der Waals surface area contributed by atoms with Gasteiger partial charge < -0.3 is 5.32 Å². The highest BCUT2D eigenvalue weighted by Gasteiger charge is 2.11. The lowest BCUT2D eigenvalue weighted by Crippen LogP contribution is -2.19. The van der Waals surface area contributed by atoms with Crippen molar-refractivity contribution in [3.05, 3.63) is 64.1 Å². The summed E-state index contributed by atoms with van der Waals surface area (Å²) in [5, 5.41) is 3.58. The quantitative estimate of drug-likeness (QED) is 0.623. The fourth-order valence-corrected chi connectivity index (χ4v) is 3.85. The van der Waals surface area contributed by atoms with E-state index in [0.717, 1.165) is 23.2 Å². The third-order valence-corrected chi connectivity index (χ3v) is 5.02. The minimum Gasteiger partial charge on any atom is -0.310 e. The highest BCUT2D eigenvalue weighted by molar-refractivity contribution is 9.10. The summed E-state index contributed by atoms with van der Waals surface area (Å²) in [6, 6.07) is 17.6. The highest BCUT2D eigenvalue weighted by Crippen LogP contribution is 2.32. The molecule has 1 nitrogen and oxygen atoms in total. The Morgan fingerprint density at radius 1 is 1.14 bits per heavy atom. The zero-order chi connectivity index (χ0) is 15.1. The lowest BCUT2D eigenvalue weighted by Gasteiger charge is -2.18. The molecule has 0 amide bonds. The average Bonchev–Trinajstić information content (AvgIpc) is 2.51. The molecule has 0 aliphatic carbocycles. The van der Waals surface area contributed by atoms with E-state index in [-0.39, 0.29) is 0 Å². The summed E-state index contributed by atoms with van der Waals surface area (Å²) >= 11 is 5.50. The van der Waals surface area contributed by atoms with Crippen LogP contribution in [0.3, 0.4) is 0 Å². The van der Waals surface area contributed by atoms with Crippen LogP contribution in [0.2, 0.25) is 0 Å². The van der Waals surface area contributed by atoms with Crippen molar-refractivity contribution >= 4 is 27.7 Å². The molecule has 0 fully saturated rings. The van der Waals surface area contributed by atoms with Gasteiger partial charge >= 0.3 is 0 Å². The van der Waals surface area contributed by atoms with E-state index in [4.69, 9.17) is 0 Å². The van der Waals surface area contributed by atoms with E-state index < -0.39 is 0 Å². The van der Waals surface area contributed by atoms with Crippen LogP contribution < -0.4 is 5.32 Å². The number of benzene rings is 2. The van der Waals surface area contributed by atoms with Crippen molar-refractivity contribution < 1.29 is 0 Å². The Morgan fingerprint density at radius 2 is 1.90 bits per heavy atom. The summed E-state index contributed by atoms with van der Waals surface area (Å²) in [5.41, 5.74) is 2.75. The minimum atomic E-state index is 0.385. The van der Waals surface area contributed by atoms with E-state index in [1.807, 2.05) is 11.8 Å². The predicted octanol–water partition coefficient (Wildman–Crippen LogP) is 5.80. The first-order valence-electron chi connectivity index (χ1n) is 7.40. The number of hydrogen-bond acceptors (Lipinski definition) is 2. The Kier molecular flexibility index (Phi) is 6.81. The van der Waals surface area contributed by atoms with Crippen molar-refractivity contribution in [1.82, 2.24) is 5.32 Å². The summed E-state index contributed by atoms with van der Waals surface area (Å²) < 4.78 is 1.14. The van der Waals surface area contributed by atoms with Gasteiger partial charge in [-0.1, -0.05) is 59.3 Å². The Balaban J connectivity index is 2.11. The standard InChI is InChI=1S/C18H22BrNS/c1-3-11-20-14(2)17-10-9-16(19)12-18(17)21-13-15-7-5-4-6-8-15/h4-10,12,14,20H,3,11,13H2,1-2H3. The second-order valence-corrected chi connectivity index (χ2v) is 7.07. The van der Waals surface area contributed by atoms with Gasteiger partial charge in [0, 0.05) is 21.2 Å². The molecule has 0 spiro atoms. The Morgan fingerprint density at radius 3 is 2.62 bits per heavy atom. The summed E-state index contributed by atoms with van der Waals surface area (Å²) in [6.07, 6.45) is 1.16. The van der Waals surface area contributed by atoms with Crippen molar-refractivity contribution in [2.45, 2.75) is 37.0 Å². The van der Waals surface area contributed by atoms with E-state index >= 15 is 0 Å². The molecule has 1 atom stereocenters. The zero-order valence-electron chi connectivity index (χ0n) is 12.6. The van der Waals surface area contributed by atoms with Gasteiger partial charge in [0.1, 0.15) is 0 Å². The van der Waals surface area contributed by atoms with Gasteiger partial charge in [-0.2, -0.15) is 0 Å². The minimum absolute atomic E-state index is 0.385. The Labute approximate surface area is 140 Å². The van der Waals surface area contributed by atoms with E-state index in [9.17, 15) is 0 Å². The van der Waals surface area contributed by atoms with Gasteiger partial charge in [0.2, 0.25) is 0 Å². The molecule has 2 rings (SSSR count). The Hall–Kier alpha value is -0.770. The van der Waals surface area contributed by atoms with Gasteiger partial charge in [-0.25, -0.2) is 0 Å². The van der Waals surface area contributed by atoms with Gasteiger partial charge in [-0.15, -0.1) is 11.8 Å². The molecule has 0 aliphatic heterocycles. The van der Waals surface area contributed by atoms with Crippen LogP contribution in [-0.4, -0.2) is 6.54 Å². The molecule has 1 N–H and O–H groups in total. The van der Waals surface area contributed by atoms with Crippen molar-refractivity contribution in [3.63, 3.8) is 0 Å². The molecule has 0 radical (unpaired) electrons. The van der Waals surface area contributed by atoms with Gasteiger partial charge in [0.05, 0.1) is 0 Å². The molecule has 0 heterocycles. The highest BCUT2D eigenvalue weighted by atomic mass is 79.9. The zero-order valence-corrected chi connectivity index (χ0v) is 15.0. The van der Waals surface area contributed by atoms with Crippen molar-refractivity contribution in [3.8, 4) is 0 Å². The number of halogens is 1. The fourth-order valence-electron chi connectivity index (χ4n) is 2.20. The van der Waals surface area contributed by atoms with Crippen molar-refractivity contribution in [2.24, 2.45) is 0 Å². The third kappa shape index (κ3) is 5.17. The normalized spacial score (nSPS) is 12.3. The van der Waals surface area contributed by atoms with Crippen LogP contribution in [-0.2, 0) is 5.75 Å². The smallest absolute Gasteiger partial charge is 0.0302 e. The van der Waals surface area contributed by atoms with Crippen LogP contribution in [0.15, 0.2) is 57.9 Å². The molecule has 3 heteroatoms. The first-order valence-corrected chi connectivity index (χ1v) is 9.18. The molecule has 0 aliphatic rings. The SMILES string of the molecule is CCCNC(C)c1ccc(Br)cc1SCc1ccccc1. The summed E-state index contributed by atoms with van der Waals surface area (Å²) in [7, 11) is 0. The lowest BCUT2D eigenvalue weighted by molar-refractivity contribution is 0.563. The number of nitrogens with one attached hydrogen (secondary N) is 1. The van der Waals surface area contributed by atoms with Crippen LogP contribution in [0.4, 0.5) is 0 Å². The molecular weight excluding hydrogens is 342 g/mol. The molecule has 0 aromatic heterocycles. The van der Waals surface area contributed by atoms with Crippen LogP contribution in [0.1, 0.15) is 37.4 Å². The number of rotatable bonds is 7. The monoisotopic (exact) mass is 363 g/mol. The first-order chi connectivity index (χ1) is 10.2. The molecule has 1 unspecified atom stereocenters. The maximum Gasteiger partial charge on any atom is 0.0302 e. The van der Waals surface area contributed by atoms with Crippen molar-refractivity contribution in [2.75, 3.05) is 6.54 Å². The summed E-state index contributed by atoms with van der Waals surface area (Å²) in [5.74, 6) is 1.00. The summed E-state index contributed by atoms with van der Waals surface area (Å²) in [6.45, 7) is 5.50. The first kappa shape index (κ1) is 16.6. The Bertz CT molecular complexity index is 556. The van der Waals surface area contributed by atoms with Gasteiger partial charge in [0.25, 0.3) is 0 Å². The van der Waals surface area contributed by atoms with E-state index in [1.54, 1.807) is 0 Å². The van der Waals surface area contributed by atoms with Gasteiger partial charge in [-0.3, -0.25) is 0 Å². The number of thioether (sulfide) groups is 1. The van der Waals surface area contributed by atoms with E-state index in [1.165, 1.54) is 16.0 Å². The third-order valence-electron chi connectivity index (χ3n) is 3.38. The molecule has 0 bridgehead atoms. The van der Waals surface area contributed by atoms with Crippen LogP contribution in [0.25, 0.3) is 0 Å². The molecular formula is C18H22BrNS. The lowest BCUT2D eigenvalue weighted by atomic mass is 10.1. The second-order valence-electron chi connectivity index (χ2n) is 5.13. The maximum absolute atomic E-state index is 3.59. The van der Waals surface area contributed by atoms with Crippen molar-refractivity contribution in [1.29, 1.82) is 0 Å². The molecule has 0 saturated carbocycles. The van der Waals surface area contributed by atoms with Crippen LogP contribution in [0.5, 0.6) is 0 Å². The number of hydrogen-bond donors (Lipinski definition) is 1. The topological polar surface area (TPSA) is 12.0 Å². The van der Waals surface area contributed by atoms with E-state index in [0.29, 0.717) is 6.04 Å². The fraction of sp³-hybridized carbons (Fsp3) is 0.333. The largest absolute Gasteiger partial charge is 0.310 e. The average molecular weight is 364 g/mol. The van der Waals surface area contributed by atoms with Crippen LogP contribution in [0, 0.1) is 0 Å². The van der Waals surface area contributed by atoms with Crippen LogP contribution >= 0.6 is 27.7 Å². The maximum atomic E-state index is 3.59. The predicted molar refractivity (Wildman–Crippen MR) is 96.9 cm³/mol. The summed E-state index contributed by atoms with van der Waals surface area (Å²) in [4.78, 5) is 1.35. The molecule has 2 aromatic rings. The molecule has 0 saturated heterocycles. The van der Waals surface area contributed by atoms with Gasteiger partial charge in [-0.05, 0) is 43.1 Å². The molecule has 21 heavy (non-hydrogen) atoms.